The number of nitrogens with zero attached hydrogens (tertiary/aromatic N) is 1. The van der Waals surface area contributed by atoms with Gasteiger partial charge in [-0.15, -0.1) is 0 Å². The maximum atomic E-state index is 13.0. The van der Waals surface area contributed by atoms with E-state index in [0.717, 1.165) is 38.5 Å². The number of carbonyl (C=O) groups is 1. The molecule has 1 amide bonds. The third-order valence-corrected chi connectivity index (χ3v) is 16.7. The number of hydrogen-bond acceptors (Lipinski definition) is 7. The van der Waals surface area contributed by atoms with Crippen LogP contribution in [0.4, 0.5) is 0 Å². The van der Waals surface area contributed by atoms with Gasteiger partial charge in [0.15, 0.2) is 0 Å². The van der Waals surface area contributed by atoms with E-state index in [-0.39, 0.29) is 18.9 Å². The molecule has 4 atom stereocenters. The van der Waals surface area contributed by atoms with Crippen LogP contribution in [-0.2, 0) is 18.4 Å². The van der Waals surface area contributed by atoms with E-state index < -0.39 is 32.7 Å². The van der Waals surface area contributed by atoms with Gasteiger partial charge in [0.1, 0.15) is 19.3 Å². The van der Waals surface area contributed by atoms with Crippen molar-refractivity contribution in [3.63, 3.8) is 0 Å². The minimum atomic E-state index is -4.67. The third kappa shape index (κ3) is 56.2. The highest BCUT2D eigenvalue weighted by Gasteiger charge is 2.29. The predicted molar refractivity (Wildman–Crippen MR) is 318 cm³/mol. The normalized spacial score (nSPS) is 14.1. The van der Waals surface area contributed by atoms with Crippen LogP contribution in [0, 0.1) is 0 Å². The Morgan fingerprint density at radius 2 is 0.689 bits per heavy atom. The molecule has 4 unspecified atom stereocenters. The Kier molecular flexibility index (Phi) is 55.4. The molecule has 0 fully saturated rings. The molecule has 0 heterocycles. The standard InChI is InChI=1S/C64H131N2O7P/c1-6-8-10-12-14-16-18-20-21-22-23-24-25-26-27-28-29-30-31-32-33-34-35-36-37-38-39-40-41-42-43-44-45-47-49-51-53-55-57-63(68)65-61(60-73-74(70,71)72-59-58-66(3,4)5)64(69)62(67)56-54-52-50-48-46-19-17-15-13-11-9-7-2/h61-62,64,67,69H,6-60H2,1-5H3,(H-,65,68,70,71). The zero-order valence-corrected chi connectivity index (χ0v) is 51.3. The summed E-state index contributed by atoms with van der Waals surface area (Å²) >= 11 is 0. The summed E-state index contributed by atoms with van der Waals surface area (Å²) in [6.07, 6.45) is 65.0. The number of nitrogens with one attached hydrogen (secondary N) is 1. The number of aliphatic hydroxyl groups is 2. The lowest BCUT2D eigenvalue weighted by molar-refractivity contribution is -0.870. The van der Waals surface area contributed by atoms with Crippen LogP contribution < -0.4 is 10.2 Å². The quantitative estimate of drug-likeness (QED) is 0.0314. The van der Waals surface area contributed by atoms with Crippen LogP contribution >= 0.6 is 7.82 Å². The second-order valence-corrected chi connectivity index (χ2v) is 25.7. The fourth-order valence-electron chi connectivity index (χ4n) is 10.5. The molecule has 0 aliphatic rings. The molecule has 0 rings (SSSR count). The van der Waals surface area contributed by atoms with Crippen molar-refractivity contribution in [2.24, 2.45) is 0 Å². The second-order valence-electron chi connectivity index (χ2n) is 24.3. The number of phosphoric ester groups is 1. The summed E-state index contributed by atoms with van der Waals surface area (Å²) in [6.45, 7) is 4.49. The average Bonchev–Trinajstić information content (AvgIpc) is 3.36. The van der Waals surface area contributed by atoms with Gasteiger partial charge >= 0.3 is 0 Å². The van der Waals surface area contributed by atoms with Crippen LogP contribution in [0.1, 0.15) is 348 Å². The molecule has 0 aromatic carbocycles. The molecule has 10 heteroatoms. The Balaban J connectivity index is 3.88. The Morgan fingerprint density at radius 1 is 0.432 bits per heavy atom. The summed E-state index contributed by atoms with van der Waals surface area (Å²) in [6, 6.07) is -1.07. The summed E-state index contributed by atoms with van der Waals surface area (Å²) in [5.74, 6) is -0.270. The first-order valence-electron chi connectivity index (χ1n) is 33.0. The molecule has 0 bridgehead atoms. The molecule has 0 spiro atoms. The first kappa shape index (κ1) is 73.5. The molecule has 0 aromatic heterocycles. The first-order chi connectivity index (χ1) is 35.9. The van der Waals surface area contributed by atoms with Crippen molar-refractivity contribution >= 4 is 13.7 Å². The molecule has 444 valence electrons. The summed E-state index contributed by atoms with van der Waals surface area (Å²) in [5.41, 5.74) is 0. The number of hydrogen-bond donors (Lipinski definition) is 3. The van der Waals surface area contributed by atoms with Gasteiger partial charge in [0, 0.05) is 6.42 Å². The zero-order chi connectivity index (χ0) is 54.3. The molecular formula is C64H131N2O7P. The Hall–Kier alpha value is -0.540. The van der Waals surface area contributed by atoms with E-state index in [1.807, 2.05) is 21.1 Å². The number of phosphoric acid groups is 1. The van der Waals surface area contributed by atoms with Crippen molar-refractivity contribution in [3.05, 3.63) is 0 Å². The number of unbranched alkanes of at least 4 members (excludes halogenated alkanes) is 48. The van der Waals surface area contributed by atoms with E-state index in [1.165, 1.54) is 283 Å². The topological polar surface area (TPSA) is 128 Å². The highest BCUT2D eigenvalue weighted by Crippen LogP contribution is 2.38. The van der Waals surface area contributed by atoms with Crippen LogP contribution in [0.2, 0.25) is 0 Å². The van der Waals surface area contributed by atoms with Gasteiger partial charge in [-0.2, -0.15) is 0 Å². The summed E-state index contributed by atoms with van der Waals surface area (Å²) in [5, 5.41) is 24.8. The van der Waals surface area contributed by atoms with Crippen LogP contribution in [0.5, 0.6) is 0 Å². The minimum Gasteiger partial charge on any atom is -0.756 e. The number of aliphatic hydroxyl groups excluding tert-OH is 2. The maximum Gasteiger partial charge on any atom is 0.268 e. The number of quaternary nitrogens is 1. The molecule has 0 aliphatic carbocycles. The van der Waals surface area contributed by atoms with Gasteiger partial charge in [0.05, 0.1) is 39.9 Å². The predicted octanol–water partition coefficient (Wildman–Crippen LogP) is 18.7. The van der Waals surface area contributed by atoms with Crippen molar-refractivity contribution in [1.29, 1.82) is 0 Å². The van der Waals surface area contributed by atoms with Gasteiger partial charge in [0.25, 0.3) is 7.82 Å². The van der Waals surface area contributed by atoms with Crippen LogP contribution in [-0.4, -0.2) is 79.8 Å². The zero-order valence-electron chi connectivity index (χ0n) is 50.5. The van der Waals surface area contributed by atoms with Crippen LogP contribution in [0.15, 0.2) is 0 Å². The lowest BCUT2D eigenvalue weighted by Crippen LogP contribution is -2.51. The van der Waals surface area contributed by atoms with Crippen molar-refractivity contribution in [3.8, 4) is 0 Å². The molecular weight excluding hydrogens is 940 g/mol. The molecule has 9 nitrogen and oxygen atoms in total. The smallest absolute Gasteiger partial charge is 0.268 e. The molecule has 0 aliphatic heterocycles. The van der Waals surface area contributed by atoms with E-state index in [1.54, 1.807) is 0 Å². The fourth-order valence-corrected chi connectivity index (χ4v) is 11.2. The SMILES string of the molecule is CCCCCCCCCCCCCCCCCCCCCCCCCCCCCCCCCCCCCCCCC(=O)NC(COP(=O)([O-])OCC[N+](C)(C)C)C(O)C(O)CCCCCCCCCCCCCC. The van der Waals surface area contributed by atoms with Gasteiger partial charge < -0.3 is 34.0 Å². The van der Waals surface area contributed by atoms with E-state index in [4.69, 9.17) is 9.05 Å². The summed E-state index contributed by atoms with van der Waals surface area (Å²) in [7, 11) is 1.14. The monoisotopic (exact) mass is 1070 g/mol. The van der Waals surface area contributed by atoms with Crippen LogP contribution in [0.3, 0.4) is 0 Å². The number of likely N-dealkylation sites (N-methyl/N-ethyl adjacent to an activating group) is 1. The summed E-state index contributed by atoms with van der Waals surface area (Å²) < 4.78 is 23.3. The lowest BCUT2D eigenvalue weighted by atomic mass is 9.99. The fraction of sp³-hybridized carbons (Fsp3) is 0.984. The van der Waals surface area contributed by atoms with E-state index in [9.17, 15) is 24.5 Å². The molecule has 0 saturated heterocycles. The van der Waals surface area contributed by atoms with Crippen molar-refractivity contribution in [2.75, 3.05) is 40.9 Å². The van der Waals surface area contributed by atoms with Crippen molar-refractivity contribution < 1.29 is 38.0 Å². The molecule has 0 aromatic rings. The van der Waals surface area contributed by atoms with Gasteiger partial charge in [-0.3, -0.25) is 9.36 Å². The molecule has 74 heavy (non-hydrogen) atoms. The van der Waals surface area contributed by atoms with E-state index in [2.05, 4.69) is 19.2 Å². The average molecular weight is 1070 g/mol. The van der Waals surface area contributed by atoms with Crippen molar-refractivity contribution in [2.45, 2.75) is 366 Å². The van der Waals surface area contributed by atoms with Gasteiger partial charge in [-0.05, 0) is 12.8 Å². The molecule has 0 saturated carbocycles. The minimum absolute atomic E-state index is 0.0365. The third-order valence-electron chi connectivity index (χ3n) is 15.7. The van der Waals surface area contributed by atoms with Crippen LogP contribution in [0.25, 0.3) is 0 Å². The highest BCUT2D eigenvalue weighted by molar-refractivity contribution is 7.45. The van der Waals surface area contributed by atoms with E-state index in [0.29, 0.717) is 17.4 Å². The highest BCUT2D eigenvalue weighted by atomic mass is 31.2. The number of carbonyl (C=O) groups excluding carboxylic acids is 1. The Morgan fingerprint density at radius 3 is 0.959 bits per heavy atom. The van der Waals surface area contributed by atoms with Crippen molar-refractivity contribution in [1.82, 2.24) is 5.32 Å². The largest absolute Gasteiger partial charge is 0.756 e. The lowest BCUT2D eigenvalue weighted by Gasteiger charge is -2.31. The van der Waals surface area contributed by atoms with Gasteiger partial charge in [-0.1, -0.05) is 328 Å². The number of rotatable bonds is 62. The van der Waals surface area contributed by atoms with E-state index >= 15 is 0 Å². The van der Waals surface area contributed by atoms with Gasteiger partial charge in [-0.25, -0.2) is 0 Å². The number of amides is 1. The molecule has 0 radical (unpaired) electrons. The summed E-state index contributed by atoms with van der Waals surface area (Å²) in [4.78, 5) is 25.6. The van der Waals surface area contributed by atoms with Gasteiger partial charge in [0.2, 0.25) is 5.91 Å². The second kappa shape index (κ2) is 55.8. The molecule has 3 N–H and O–H groups in total. The Bertz CT molecular complexity index is 1190. The first-order valence-corrected chi connectivity index (χ1v) is 34.4. The Labute approximate surface area is 462 Å². The maximum absolute atomic E-state index is 13.0.